The average Bonchev–Trinajstić information content (AvgIpc) is 2.71. The van der Waals surface area contributed by atoms with Crippen LogP contribution in [0.5, 0.6) is 0 Å². The van der Waals surface area contributed by atoms with Crippen molar-refractivity contribution in [2.75, 3.05) is 0 Å². The van der Waals surface area contributed by atoms with Crippen molar-refractivity contribution in [1.29, 1.82) is 0 Å². The molecule has 3 atom stereocenters. The van der Waals surface area contributed by atoms with Crippen LogP contribution in [0.25, 0.3) is 0 Å². The molecule has 1 aliphatic carbocycles. The second kappa shape index (κ2) is 6.13. The largest absolute Gasteiger partial charge is 0.271 e. The Labute approximate surface area is 116 Å². The first-order valence-electron chi connectivity index (χ1n) is 6.51. The molecule has 3 N–H and O–H groups in total. The summed E-state index contributed by atoms with van der Waals surface area (Å²) in [5, 5.41) is 0. The highest BCUT2D eigenvalue weighted by molar-refractivity contribution is 9.10. The van der Waals surface area contributed by atoms with E-state index in [1.807, 2.05) is 6.07 Å². The third-order valence-corrected chi connectivity index (χ3v) is 4.49. The lowest BCUT2D eigenvalue weighted by Crippen LogP contribution is -2.43. The maximum atomic E-state index is 13.4. The average molecular weight is 315 g/mol. The van der Waals surface area contributed by atoms with Gasteiger partial charge in [-0.1, -0.05) is 35.7 Å². The van der Waals surface area contributed by atoms with Crippen molar-refractivity contribution in [2.24, 2.45) is 17.7 Å². The van der Waals surface area contributed by atoms with E-state index >= 15 is 0 Å². The van der Waals surface area contributed by atoms with Gasteiger partial charge < -0.3 is 0 Å². The minimum absolute atomic E-state index is 0.199. The van der Waals surface area contributed by atoms with Crippen LogP contribution in [0, 0.1) is 17.7 Å². The van der Waals surface area contributed by atoms with Gasteiger partial charge in [0.25, 0.3) is 0 Å². The Morgan fingerprint density at radius 3 is 2.78 bits per heavy atom. The molecule has 100 valence electrons. The summed E-state index contributed by atoms with van der Waals surface area (Å²) in [5.74, 6) is 6.78. The van der Waals surface area contributed by atoms with E-state index in [0.29, 0.717) is 11.8 Å². The molecule has 0 saturated heterocycles. The number of hydrogen-bond donors (Lipinski definition) is 2. The lowest BCUT2D eigenvalue weighted by molar-refractivity contribution is 0.297. The molecule has 1 fully saturated rings. The monoisotopic (exact) mass is 314 g/mol. The van der Waals surface area contributed by atoms with Crippen molar-refractivity contribution >= 4 is 15.9 Å². The molecule has 0 heterocycles. The van der Waals surface area contributed by atoms with Crippen LogP contribution in [0.2, 0.25) is 0 Å². The molecule has 0 amide bonds. The van der Waals surface area contributed by atoms with Crippen LogP contribution in [-0.2, 0) is 6.42 Å². The molecule has 3 unspecified atom stereocenters. The topological polar surface area (TPSA) is 38.0 Å². The van der Waals surface area contributed by atoms with E-state index in [2.05, 4.69) is 28.3 Å². The summed E-state index contributed by atoms with van der Waals surface area (Å²) in [6.07, 6.45) is 4.54. The third kappa shape index (κ3) is 3.31. The van der Waals surface area contributed by atoms with Crippen molar-refractivity contribution < 1.29 is 4.39 Å². The fourth-order valence-electron chi connectivity index (χ4n) is 3.09. The van der Waals surface area contributed by atoms with Gasteiger partial charge in [-0.3, -0.25) is 11.3 Å². The van der Waals surface area contributed by atoms with E-state index in [9.17, 15) is 4.39 Å². The van der Waals surface area contributed by atoms with Crippen LogP contribution in [0.4, 0.5) is 4.39 Å². The van der Waals surface area contributed by atoms with Gasteiger partial charge in [-0.2, -0.15) is 0 Å². The minimum Gasteiger partial charge on any atom is -0.271 e. The van der Waals surface area contributed by atoms with Crippen molar-refractivity contribution in [3.63, 3.8) is 0 Å². The zero-order valence-electron chi connectivity index (χ0n) is 10.6. The van der Waals surface area contributed by atoms with Gasteiger partial charge >= 0.3 is 0 Å². The van der Waals surface area contributed by atoms with Crippen LogP contribution < -0.4 is 11.3 Å². The van der Waals surface area contributed by atoms with Crippen molar-refractivity contribution in [3.05, 3.63) is 34.1 Å². The fourth-order valence-corrected chi connectivity index (χ4v) is 3.60. The van der Waals surface area contributed by atoms with Crippen LogP contribution in [0.15, 0.2) is 22.7 Å². The Morgan fingerprint density at radius 1 is 1.44 bits per heavy atom. The van der Waals surface area contributed by atoms with E-state index in [0.717, 1.165) is 16.5 Å². The molecule has 2 rings (SSSR count). The summed E-state index contributed by atoms with van der Waals surface area (Å²) in [5.41, 5.74) is 3.91. The molecule has 18 heavy (non-hydrogen) atoms. The molecule has 1 aliphatic rings. The van der Waals surface area contributed by atoms with E-state index in [-0.39, 0.29) is 11.9 Å². The number of nitrogens with one attached hydrogen (secondary N) is 1. The van der Waals surface area contributed by atoms with E-state index in [1.54, 1.807) is 6.07 Å². The zero-order valence-corrected chi connectivity index (χ0v) is 12.2. The highest BCUT2D eigenvalue weighted by Crippen LogP contribution is 2.34. The standard InChI is InChI=1S/C14H20BrFN2/c1-9-3-2-4-13(9)14(18-17)7-10-5-11(15)8-12(16)6-10/h5-6,8-9,13-14,18H,2-4,7,17H2,1H3. The Balaban J connectivity index is 2.09. The molecule has 1 aromatic rings. The summed E-state index contributed by atoms with van der Waals surface area (Å²) >= 11 is 3.33. The van der Waals surface area contributed by atoms with Crippen LogP contribution >= 0.6 is 15.9 Å². The van der Waals surface area contributed by atoms with E-state index < -0.39 is 0 Å². The maximum absolute atomic E-state index is 13.4. The highest BCUT2D eigenvalue weighted by atomic mass is 79.9. The van der Waals surface area contributed by atoms with Gasteiger partial charge in [0, 0.05) is 10.5 Å². The molecule has 0 bridgehead atoms. The molecule has 2 nitrogen and oxygen atoms in total. The summed E-state index contributed by atoms with van der Waals surface area (Å²) < 4.78 is 14.1. The van der Waals surface area contributed by atoms with Gasteiger partial charge in [0.05, 0.1) is 0 Å². The van der Waals surface area contributed by atoms with Crippen molar-refractivity contribution in [3.8, 4) is 0 Å². The first-order valence-corrected chi connectivity index (χ1v) is 7.30. The van der Waals surface area contributed by atoms with Gasteiger partial charge in [-0.05, 0) is 48.4 Å². The second-order valence-corrected chi connectivity index (χ2v) is 6.24. The van der Waals surface area contributed by atoms with E-state index in [4.69, 9.17) is 5.84 Å². The molecule has 0 aromatic heterocycles. The van der Waals surface area contributed by atoms with E-state index in [1.165, 1.54) is 25.3 Å². The highest BCUT2D eigenvalue weighted by Gasteiger charge is 2.30. The first kappa shape index (κ1) is 14.0. The fraction of sp³-hybridized carbons (Fsp3) is 0.571. The second-order valence-electron chi connectivity index (χ2n) is 5.33. The smallest absolute Gasteiger partial charge is 0.124 e. The minimum atomic E-state index is -0.199. The van der Waals surface area contributed by atoms with Crippen molar-refractivity contribution in [1.82, 2.24) is 5.43 Å². The van der Waals surface area contributed by atoms with Gasteiger partial charge in [0.1, 0.15) is 5.82 Å². The number of hydrazine groups is 1. The first-order chi connectivity index (χ1) is 8.60. The Bertz CT molecular complexity index is 391. The van der Waals surface area contributed by atoms with Crippen LogP contribution in [-0.4, -0.2) is 6.04 Å². The number of benzene rings is 1. The molecule has 1 aromatic carbocycles. The maximum Gasteiger partial charge on any atom is 0.124 e. The Hall–Kier alpha value is -0.450. The third-order valence-electron chi connectivity index (χ3n) is 4.04. The Morgan fingerprint density at radius 2 is 2.22 bits per heavy atom. The quantitative estimate of drug-likeness (QED) is 0.660. The van der Waals surface area contributed by atoms with Gasteiger partial charge in [-0.15, -0.1) is 0 Å². The van der Waals surface area contributed by atoms with Crippen LogP contribution in [0.3, 0.4) is 0 Å². The number of nitrogens with two attached hydrogens (primary N) is 1. The SMILES string of the molecule is CC1CCCC1C(Cc1cc(F)cc(Br)c1)NN. The van der Waals surface area contributed by atoms with Gasteiger partial charge in [-0.25, -0.2) is 4.39 Å². The predicted molar refractivity (Wildman–Crippen MR) is 75.4 cm³/mol. The lowest BCUT2D eigenvalue weighted by Gasteiger charge is -2.26. The lowest BCUT2D eigenvalue weighted by atomic mass is 9.87. The normalized spacial score (nSPS) is 25.3. The zero-order chi connectivity index (χ0) is 13.1. The number of halogens is 2. The predicted octanol–water partition coefficient (Wildman–Crippen LogP) is 3.40. The van der Waals surface area contributed by atoms with Crippen molar-refractivity contribution in [2.45, 2.75) is 38.6 Å². The molecule has 4 heteroatoms. The Kier molecular flexibility index (Phi) is 4.76. The number of hydrogen-bond acceptors (Lipinski definition) is 2. The number of rotatable bonds is 4. The van der Waals surface area contributed by atoms with Crippen LogP contribution in [0.1, 0.15) is 31.7 Å². The summed E-state index contributed by atoms with van der Waals surface area (Å²) in [6, 6.07) is 5.27. The molecule has 0 spiro atoms. The molecule has 1 saturated carbocycles. The van der Waals surface area contributed by atoms with Gasteiger partial charge in [0.15, 0.2) is 0 Å². The molecular formula is C14H20BrFN2. The molecular weight excluding hydrogens is 295 g/mol. The molecule has 0 aliphatic heterocycles. The summed E-state index contributed by atoms with van der Waals surface area (Å²) in [4.78, 5) is 0. The molecule has 0 radical (unpaired) electrons. The summed E-state index contributed by atoms with van der Waals surface area (Å²) in [6.45, 7) is 2.28. The summed E-state index contributed by atoms with van der Waals surface area (Å²) in [7, 11) is 0. The van der Waals surface area contributed by atoms with Gasteiger partial charge in [0.2, 0.25) is 0 Å².